The van der Waals surface area contributed by atoms with Gasteiger partial charge < -0.3 is 37.0 Å². The molecule has 17 heteroatoms. The Hall–Kier alpha value is -7.60. The molecule has 1 amide bonds. The molecular weight excluding hydrogens is 777 g/mol. The van der Waals surface area contributed by atoms with E-state index in [1.54, 1.807) is 32.5 Å². The van der Waals surface area contributed by atoms with Crippen molar-refractivity contribution in [1.29, 1.82) is 0 Å². The van der Waals surface area contributed by atoms with Gasteiger partial charge in [0, 0.05) is 70.0 Å². The number of amides is 1. The third-order valence-corrected chi connectivity index (χ3v) is 10.3. The van der Waals surface area contributed by atoms with Crippen molar-refractivity contribution >= 4 is 34.8 Å². The standard InChI is InChI=1S/C22H20N6O2.C19H16N6.C3H6O3/c1-13(29)22(30)27-11-17-19(12-27)26-21-16(10-25-28(21)20(17)23)15-7-8-18(24-9-15)14-5-3-2-4-6-14;20-18-15-9-21-11-17(15)24-19-14(10-23-25(18)19)13-6-7-16(22-8-13)12-4-2-1-3-5-12;1-2(4)3(5)6/h2-10,13,29H,11-12,23H2,1H3;1-8,10,21H,9,11,20H2;2,4H,1H3,(H,5,6)/t13-;;2-/m1.1/s1. The summed E-state index contributed by atoms with van der Waals surface area (Å²) in [6.07, 6.45) is 4.90. The number of aromatic nitrogens is 8. The molecule has 0 saturated heterocycles. The lowest BCUT2D eigenvalue weighted by molar-refractivity contribution is -0.145. The van der Waals surface area contributed by atoms with E-state index in [4.69, 9.17) is 31.6 Å². The molecule has 0 aliphatic carbocycles. The number of aliphatic hydroxyl groups is 2. The van der Waals surface area contributed by atoms with Crippen LogP contribution in [0, 0.1) is 0 Å². The van der Waals surface area contributed by atoms with Crippen LogP contribution >= 0.6 is 0 Å². The molecule has 8 heterocycles. The second-order valence-electron chi connectivity index (χ2n) is 14.5. The molecule has 10 rings (SSSR count). The minimum Gasteiger partial charge on any atom is -0.479 e. The van der Waals surface area contributed by atoms with Crippen molar-refractivity contribution in [3.8, 4) is 44.8 Å². The van der Waals surface area contributed by atoms with E-state index in [0.717, 1.165) is 86.0 Å². The Morgan fingerprint density at radius 1 is 0.623 bits per heavy atom. The van der Waals surface area contributed by atoms with Crippen molar-refractivity contribution in [2.24, 2.45) is 0 Å². The van der Waals surface area contributed by atoms with E-state index in [1.165, 1.54) is 13.8 Å². The van der Waals surface area contributed by atoms with Gasteiger partial charge in [0.2, 0.25) is 0 Å². The third-order valence-electron chi connectivity index (χ3n) is 10.3. The first-order valence-electron chi connectivity index (χ1n) is 19.4. The number of nitrogens with two attached hydrogens (primary N) is 2. The maximum absolute atomic E-state index is 12.2. The summed E-state index contributed by atoms with van der Waals surface area (Å²) >= 11 is 0. The van der Waals surface area contributed by atoms with Crippen LogP contribution in [0.2, 0.25) is 0 Å². The molecule has 0 fully saturated rings. The van der Waals surface area contributed by atoms with E-state index in [9.17, 15) is 14.7 Å². The van der Waals surface area contributed by atoms with Crippen LogP contribution in [0.1, 0.15) is 36.4 Å². The molecule has 8 aromatic rings. The van der Waals surface area contributed by atoms with Crippen LogP contribution in [0.5, 0.6) is 0 Å². The summed E-state index contributed by atoms with van der Waals surface area (Å²) in [4.78, 5) is 41.9. The number of nitrogens with one attached hydrogen (secondary N) is 1. The average molecular weight is 819 g/mol. The van der Waals surface area contributed by atoms with Gasteiger partial charge in [0.05, 0.1) is 48.3 Å². The minimum absolute atomic E-state index is 0.315. The maximum Gasteiger partial charge on any atom is 0.332 e. The molecule has 2 aliphatic heterocycles. The highest BCUT2D eigenvalue weighted by molar-refractivity contribution is 5.83. The molecule has 8 N–H and O–H groups in total. The fourth-order valence-corrected chi connectivity index (χ4v) is 7.06. The second-order valence-corrected chi connectivity index (χ2v) is 14.5. The predicted octanol–water partition coefficient (Wildman–Crippen LogP) is 4.36. The van der Waals surface area contributed by atoms with E-state index in [2.05, 4.69) is 43.7 Å². The first-order valence-corrected chi connectivity index (χ1v) is 19.4. The summed E-state index contributed by atoms with van der Waals surface area (Å²) in [5.41, 5.74) is 25.1. The Bertz CT molecular complexity index is 2860. The molecule has 2 atom stereocenters. The molecule has 61 heavy (non-hydrogen) atoms. The van der Waals surface area contributed by atoms with Gasteiger partial charge in [0.1, 0.15) is 23.8 Å². The van der Waals surface area contributed by atoms with Crippen LogP contribution in [0.3, 0.4) is 0 Å². The molecular formula is C44H42N12O5. The predicted molar refractivity (Wildman–Crippen MR) is 228 cm³/mol. The zero-order valence-corrected chi connectivity index (χ0v) is 33.2. The molecule has 2 aromatic carbocycles. The van der Waals surface area contributed by atoms with Crippen molar-refractivity contribution in [2.75, 3.05) is 11.5 Å². The van der Waals surface area contributed by atoms with Crippen LogP contribution in [0.25, 0.3) is 56.1 Å². The van der Waals surface area contributed by atoms with E-state index in [0.29, 0.717) is 30.4 Å². The molecule has 6 aromatic heterocycles. The molecule has 2 aliphatic rings. The van der Waals surface area contributed by atoms with Crippen molar-refractivity contribution < 1.29 is 24.9 Å². The Morgan fingerprint density at radius 3 is 1.57 bits per heavy atom. The van der Waals surface area contributed by atoms with Crippen molar-refractivity contribution in [3.05, 3.63) is 132 Å². The molecule has 0 saturated carbocycles. The number of carbonyl (C=O) groups excluding carboxylic acids is 1. The number of fused-ring (bicyclic) bond motifs is 4. The van der Waals surface area contributed by atoms with E-state index in [1.807, 2.05) is 72.9 Å². The molecule has 0 bridgehead atoms. The molecule has 0 spiro atoms. The van der Waals surface area contributed by atoms with Crippen LogP contribution in [-0.2, 0) is 35.8 Å². The zero-order valence-electron chi connectivity index (χ0n) is 33.2. The number of hydrogen-bond acceptors (Lipinski definition) is 13. The second kappa shape index (κ2) is 16.9. The van der Waals surface area contributed by atoms with Gasteiger partial charge in [-0.15, -0.1) is 0 Å². The van der Waals surface area contributed by atoms with Crippen molar-refractivity contribution in [1.82, 2.24) is 49.4 Å². The van der Waals surface area contributed by atoms with E-state index in [-0.39, 0.29) is 5.91 Å². The molecule has 17 nitrogen and oxygen atoms in total. The number of hydrogen-bond donors (Lipinski definition) is 6. The minimum atomic E-state index is -1.23. The van der Waals surface area contributed by atoms with Crippen molar-refractivity contribution in [2.45, 2.75) is 52.2 Å². The van der Waals surface area contributed by atoms with Gasteiger partial charge in [-0.1, -0.05) is 72.8 Å². The first kappa shape index (κ1) is 40.2. The number of carbonyl (C=O) groups is 2. The molecule has 0 radical (unpaired) electrons. The Balaban J connectivity index is 0.000000151. The van der Waals surface area contributed by atoms with Gasteiger partial charge >= 0.3 is 5.97 Å². The lowest BCUT2D eigenvalue weighted by Crippen LogP contribution is -2.33. The number of aliphatic hydroxyl groups excluding tert-OH is 2. The van der Waals surface area contributed by atoms with Gasteiger partial charge in [-0.25, -0.2) is 14.8 Å². The molecule has 308 valence electrons. The first-order chi connectivity index (χ1) is 29.5. The summed E-state index contributed by atoms with van der Waals surface area (Å²) in [6, 6.07) is 28.1. The Kier molecular flexibility index (Phi) is 11.2. The number of nitrogens with zero attached hydrogens (tertiary/aromatic N) is 9. The monoisotopic (exact) mass is 818 g/mol. The van der Waals surface area contributed by atoms with E-state index >= 15 is 0 Å². The summed E-state index contributed by atoms with van der Waals surface area (Å²) < 4.78 is 3.31. The van der Waals surface area contributed by atoms with Gasteiger partial charge in [0.15, 0.2) is 11.3 Å². The smallest absolute Gasteiger partial charge is 0.332 e. The lowest BCUT2D eigenvalue weighted by Gasteiger charge is -2.16. The van der Waals surface area contributed by atoms with Crippen LogP contribution in [0.4, 0.5) is 11.6 Å². The van der Waals surface area contributed by atoms with Crippen LogP contribution in [-0.4, -0.2) is 83.5 Å². The zero-order chi connectivity index (χ0) is 42.8. The number of anilines is 2. The Morgan fingerprint density at radius 2 is 1.11 bits per heavy atom. The van der Waals surface area contributed by atoms with Gasteiger partial charge in [-0.05, 0) is 26.0 Å². The SMILES string of the molecule is C[C@@H](O)C(=O)N1Cc2nc3c(-c4ccc(-c5ccccc5)nc4)cnn3c(N)c2C1.C[C@@H](O)C(=O)O.Nc1c2c(nc3c(-c4ccc(-c5ccccc5)nc4)cnn13)CNC2. The van der Waals surface area contributed by atoms with Crippen molar-refractivity contribution in [3.63, 3.8) is 0 Å². The van der Waals surface area contributed by atoms with E-state index < -0.39 is 18.2 Å². The van der Waals surface area contributed by atoms with Crippen LogP contribution in [0.15, 0.2) is 110 Å². The topological polar surface area (TPSA) is 248 Å². The number of carboxylic acids is 1. The summed E-state index contributed by atoms with van der Waals surface area (Å²) in [5, 5.41) is 37.5. The third kappa shape index (κ3) is 8.07. The average Bonchev–Trinajstić information content (AvgIpc) is 4.11. The van der Waals surface area contributed by atoms with Gasteiger partial charge in [-0.3, -0.25) is 14.8 Å². The number of nitrogen functional groups attached to an aromatic ring is 2. The molecule has 0 unspecified atom stereocenters. The number of pyridine rings is 2. The quantitative estimate of drug-likeness (QED) is 0.137. The lowest BCUT2D eigenvalue weighted by atomic mass is 10.1. The summed E-state index contributed by atoms with van der Waals surface area (Å²) in [7, 11) is 0. The highest BCUT2D eigenvalue weighted by Gasteiger charge is 2.30. The highest BCUT2D eigenvalue weighted by Crippen LogP contribution is 2.33. The number of carboxylic acid groups (broad SMARTS) is 1. The number of rotatable bonds is 6. The van der Waals surface area contributed by atoms with Crippen LogP contribution < -0.4 is 16.8 Å². The Labute approximate surface area is 349 Å². The number of benzene rings is 2. The largest absolute Gasteiger partial charge is 0.479 e. The maximum atomic E-state index is 12.2. The number of aliphatic carboxylic acids is 1. The van der Waals surface area contributed by atoms with Gasteiger partial charge in [0.25, 0.3) is 5.91 Å². The summed E-state index contributed by atoms with van der Waals surface area (Å²) in [6.45, 7) is 4.77. The fourth-order valence-electron chi connectivity index (χ4n) is 7.06. The highest BCUT2D eigenvalue weighted by atomic mass is 16.4. The fraction of sp³-hybridized carbons (Fsp3) is 0.182. The van der Waals surface area contributed by atoms with Gasteiger partial charge in [-0.2, -0.15) is 19.2 Å². The normalized spacial score (nSPS) is 13.7. The summed E-state index contributed by atoms with van der Waals surface area (Å²) in [5.74, 6) is -0.415.